The van der Waals surface area contributed by atoms with Gasteiger partial charge < -0.3 is 9.80 Å². The lowest BCUT2D eigenvalue weighted by molar-refractivity contribution is 0.327. The van der Waals surface area contributed by atoms with Gasteiger partial charge in [-0.05, 0) is 38.1 Å². The Morgan fingerprint density at radius 2 is 2.22 bits per heavy atom. The van der Waals surface area contributed by atoms with Gasteiger partial charge >= 0.3 is 0 Å². The van der Waals surface area contributed by atoms with Crippen LogP contribution in [0.5, 0.6) is 0 Å². The zero-order chi connectivity index (χ0) is 13.0. The number of alkyl halides is 1. The number of aromatic nitrogens is 1. The smallest absolute Gasteiger partial charge is 0.128 e. The third-order valence-electron chi connectivity index (χ3n) is 3.63. The lowest BCUT2D eigenvalue weighted by atomic mass is 10.2. The summed E-state index contributed by atoms with van der Waals surface area (Å²) < 4.78 is 0. The minimum atomic E-state index is 0.535. The van der Waals surface area contributed by atoms with E-state index in [-0.39, 0.29) is 0 Å². The molecular formula is C14H22ClN3. The molecule has 2 rings (SSSR count). The number of anilines is 1. The summed E-state index contributed by atoms with van der Waals surface area (Å²) in [6.07, 6.45) is 4.25. The fraction of sp³-hybridized carbons (Fsp3) is 0.643. The molecule has 0 bridgehead atoms. The third kappa shape index (κ3) is 3.15. The van der Waals surface area contributed by atoms with Gasteiger partial charge in [-0.3, -0.25) is 0 Å². The van der Waals surface area contributed by atoms with E-state index in [1.807, 2.05) is 6.20 Å². The molecule has 0 saturated carbocycles. The average molecular weight is 268 g/mol. The molecule has 1 fully saturated rings. The standard InChI is InChI=1S/C14H22ClN3/c1-3-13-11-17(2)7-4-8-18(13)14-6-5-12(9-15)10-16-14/h5-6,10,13H,3-4,7-9,11H2,1-2H3. The predicted molar refractivity (Wildman–Crippen MR) is 77.3 cm³/mol. The maximum Gasteiger partial charge on any atom is 0.128 e. The molecule has 1 unspecified atom stereocenters. The maximum atomic E-state index is 5.81. The summed E-state index contributed by atoms with van der Waals surface area (Å²) in [5, 5.41) is 0. The fourth-order valence-electron chi connectivity index (χ4n) is 2.56. The molecule has 2 heterocycles. The molecule has 1 aromatic rings. The summed E-state index contributed by atoms with van der Waals surface area (Å²) >= 11 is 5.81. The van der Waals surface area contributed by atoms with Crippen molar-refractivity contribution in [3.8, 4) is 0 Å². The van der Waals surface area contributed by atoms with Crippen LogP contribution in [0.25, 0.3) is 0 Å². The van der Waals surface area contributed by atoms with Crippen molar-refractivity contribution in [1.82, 2.24) is 9.88 Å². The number of halogens is 1. The van der Waals surface area contributed by atoms with E-state index in [0.29, 0.717) is 11.9 Å². The summed E-state index contributed by atoms with van der Waals surface area (Å²) in [7, 11) is 2.20. The van der Waals surface area contributed by atoms with Crippen molar-refractivity contribution < 1.29 is 0 Å². The van der Waals surface area contributed by atoms with Gasteiger partial charge in [-0.15, -0.1) is 11.6 Å². The maximum absolute atomic E-state index is 5.81. The van der Waals surface area contributed by atoms with E-state index in [0.717, 1.165) is 30.9 Å². The summed E-state index contributed by atoms with van der Waals surface area (Å²) in [4.78, 5) is 9.42. The van der Waals surface area contributed by atoms with Crippen molar-refractivity contribution in [3.63, 3.8) is 0 Å². The number of likely N-dealkylation sites (N-methyl/N-ethyl adjacent to an activating group) is 1. The molecule has 18 heavy (non-hydrogen) atoms. The van der Waals surface area contributed by atoms with Crippen LogP contribution in [0.4, 0.5) is 5.82 Å². The number of nitrogens with zero attached hydrogens (tertiary/aromatic N) is 3. The lowest BCUT2D eigenvalue weighted by Crippen LogP contribution is -2.40. The largest absolute Gasteiger partial charge is 0.352 e. The van der Waals surface area contributed by atoms with Gasteiger partial charge in [0, 0.05) is 31.2 Å². The zero-order valence-corrected chi connectivity index (χ0v) is 12.0. The van der Waals surface area contributed by atoms with Crippen molar-refractivity contribution in [3.05, 3.63) is 23.9 Å². The first kappa shape index (κ1) is 13.6. The van der Waals surface area contributed by atoms with E-state index in [1.165, 1.54) is 13.0 Å². The summed E-state index contributed by atoms with van der Waals surface area (Å²) in [5.41, 5.74) is 1.08. The van der Waals surface area contributed by atoms with Gasteiger partial charge in [0.2, 0.25) is 0 Å². The van der Waals surface area contributed by atoms with Crippen LogP contribution in [0.15, 0.2) is 18.3 Å². The molecule has 4 heteroatoms. The Kier molecular flexibility index (Phi) is 4.84. The van der Waals surface area contributed by atoms with E-state index < -0.39 is 0 Å². The molecule has 3 nitrogen and oxygen atoms in total. The molecule has 1 aliphatic heterocycles. The summed E-state index contributed by atoms with van der Waals surface area (Å²) in [5.74, 6) is 1.62. The van der Waals surface area contributed by atoms with Crippen LogP contribution in [-0.4, -0.2) is 42.6 Å². The van der Waals surface area contributed by atoms with Crippen LogP contribution in [0.2, 0.25) is 0 Å². The normalized spacial score (nSPS) is 21.9. The Balaban J connectivity index is 2.17. The monoisotopic (exact) mass is 267 g/mol. The molecule has 100 valence electrons. The van der Waals surface area contributed by atoms with E-state index >= 15 is 0 Å². The van der Waals surface area contributed by atoms with Gasteiger partial charge in [0.25, 0.3) is 0 Å². The van der Waals surface area contributed by atoms with E-state index in [1.54, 1.807) is 0 Å². The second-order valence-corrected chi connectivity index (χ2v) is 5.30. The first-order valence-electron chi connectivity index (χ1n) is 6.70. The van der Waals surface area contributed by atoms with Crippen molar-refractivity contribution >= 4 is 17.4 Å². The first-order valence-corrected chi connectivity index (χ1v) is 7.24. The molecule has 1 aliphatic rings. The fourth-order valence-corrected chi connectivity index (χ4v) is 2.72. The average Bonchev–Trinajstić information content (AvgIpc) is 2.60. The van der Waals surface area contributed by atoms with Crippen molar-refractivity contribution in [2.45, 2.75) is 31.7 Å². The molecule has 1 saturated heterocycles. The lowest BCUT2D eigenvalue weighted by Gasteiger charge is -2.31. The molecule has 0 amide bonds. The highest BCUT2D eigenvalue weighted by atomic mass is 35.5. The molecule has 0 aliphatic carbocycles. The third-order valence-corrected chi connectivity index (χ3v) is 3.94. The number of hydrogen-bond donors (Lipinski definition) is 0. The first-order chi connectivity index (χ1) is 8.74. The molecule has 0 aromatic carbocycles. The van der Waals surface area contributed by atoms with Crippen LogP contribution in [-0.2, 0) is 5.88 Å². The van der Waals surface area contributed by atoms with Gasteiger partial charge in [0.1, 0.15) is 5.82 Å². The molecule has 0 spiro atoms. The van der Waals surface area contributed by atoms with Gasteiger partial charge in [0.05, 0.1) is 0 Å². The number of rotatable bonds is 3. The minimum Gasteiger partial charge on any atom is -0.352 e. The number of hydrogen-bond acceptors (Lipinski definition) is 3. The van der Waals surface area contributed by atoms with Crippen LogP contribution >= 0.6 is 11.6 Å². The molecular weight excluding hydrogens is 246 g/mol. The van der Waals surface area contributed by atoms with Crippen LogP contribution in [0.1, 0.15) is 25.3 Å². The SMILES string of the molecule is CCC1CN(C)CCCN1c1ccc(CCl)cn1. The van der Waals surface area contributed by atoms with Gasteiger partial charge in [0.15, 0.2) is 0 Å². The second-order valence-electron chi connectivity index (χ2n) is 5.03. The highest BCUT2D eigenvalue weighted by molar-refractivity contribution is 6.17. The topological polar surface area (TPSA) is 19.4 Å². The Bertz CT molecular complexity index is 366. The summed E-state index contributed by atoms with van der Waals surface area (Å²) in [6, 6.07) is 4.74. The van der Waals surface area contributed by atoms with E-state index in [2.05, 4.69) is 40.9 Å². The molecule has 1 atom stereocenters. The Hall–Kier alpha value is -0.800. The quantitative estimate of drug-likeness (QED) is 0.785. The van der Waals surface area contributed by atoms with E-state index in [4.69, 9.17) is 11.6 Å². The highest BCUT2D eigenvalue weighted by Crippen LogP contribution is 2.20. The second kappa shape index (κ2) is 6.39. The Labute approximate surface area is 115 Å². The van der Waals surface area contributed by atoms with Crippen LogP contribution in [0.3, 0.4) is 0 Å². The summed E-state index contributed by atoms with van der Waals surface area (Å²) in [6.45, 7) is 5.64. The molecule has 0 N–H and O–H groups in total. The van der Waals surface area contributed by atoms with Crippen molar-refractivity contribution in [2.75, 3.05) is 31.6 Å². The molecule has 0 radical (unpaired) electrons. The van der Waals surface area contributed by atoms with Gasteiger partial charge in [-0.25, -0.2) is 4.98 Å². The predicted octanol–water partition coefficient (Wildman–Crippen LogP) is 2.74. The van der Waals surface area contributed by atoms with Gasteiger partial charge in [-0.2, -0.15) is 0 Å². The van der Waals surface area contributed by atoms with Crippen molar-refractivity contribution in [1.29, 1.82) is 0 Å². The van der Waals surface area contributed by atoms with E-state index in [9.17, 15) is 0 Å². The molecule has 1 aromatic heterocycles. The number of pyridine rings is 1. The minimum absolute atomic E-state index is 0.535. The van der Waals surface area contributed by atoms with Crippen LogP contribution < -0.4 is 4.90 Å². The van der Waals surface area contributed by atoms with Gasteiger partial charge in [-0.1, -0.05) is 13.0 Å². The highest BCUT2D eigenvalue weighted by Gasteiger charge is 2.22. The van der Waals surface area contributed by atoms with Crippen molar-refractivity contribution in [2.24, 2.45) is 0 Å². The zero-order valence-electron chi connectivity index (χ0n) is 11.3. The Morgan fingerprint density at radius 3 is 2.83 bits per heavy atom. The Morgan fingerprint density at radius 1 is 1.39 bits per heavy atom. The van der Waals surface area contributed by atoms with Crippen LogP contribution in [0, 0.1) is 0 Å².